The molecule has 3 aliphatic rings. The van der Waals surface area contributed by atoms with E-state index in [1.54, 1.807) is 20.8 Å². The molecule has 3 heterocycles. The number of primary amides is 1. The van der Waals surface area contributed by atoms with Crippen molar-refractivity contribution in [1.82, 2.24) is 10.2 Å². The molecule has 0 aromatic heterocycles. The number of nitrogens with zero attached hydrogens (tertiary/aromatic N) is 1. The van der Waals surface area contributed by atoms with E-state index in [-0.39, 0.29) is 30.7 Å². The third-order valence-corrected chi connectivity index (χ3v) is 6.45. The molecule has 4 rings (SSSR count). The first-order chi connectivity index (χ1) is 14.6. The summed E-state index contributed by atoms with van der Waals surface area (Å²) in [5.74, 6) is -0.511. The Morgan fingerprint density at radius 2 is 2.00 bits per heavy atom. The van der Waals surface area contributed by atoms with E-state index < -0.39 is 23.5 Å². The average Bonchev–Trinajstić information content (AvgIpc) is 3.20. The van der Waals surface area contributed by atoms with Crippen LogP contribution in [-0.2, 0) is 26.3 Å². The fraction of sp³-hybridized carbons (Fsp3) is 0.609. The summed E-state index contributed by atoms with van der Waals surface area (Å²) in [7, 11) is 0. The maximum absolute atomic E-state index is 13.1. The number of amides is 2. The van der Waals surface area contributed by atoms with Gasteiger partial charge in [-0.05, 0) is 59.2 Å². The van der Waals surface area contributed by atoms with Crippen LogP contribution in [0.5, 0.6) is 5.75 Å². The molecule has 3 aliphatic heterocycles. The van der Waals surface area contributed by atoms with E-state index in [9.17, 15) is 14.4 Å². The van der Waals surface area contributed by atoms with E-state index in [2.05, 4.69) is 5.32 Å². The fourth-order valence-corrected chi connectivity index (χ4v) is 4.92. The largest absolute Gasteiger partial charge is 0.492 e. The van der Waals surface area contributed by atoms with E-state index in [0.717, 1.165) is 42.8 Å². The lowest BCUT2D eigenvalue weighted by atomic mass is 9.74. The van der Waals surface area contributed by atoms with Crippen LogP contribution in [0.15, 0.2) is 12.1 Å². The minimum atomic E-state index is -0.877. The second kappa shape index (κ2) is 7.82. The smallest absolute Gasteiger partial charge is 0.306 e. The molecule has 8 heteroatoms. The summed E-state index contributed by atoms with van der Waals surface area (Å²) < 4.78 is 11.5. The van der Waals surface area contributed by atoms with Crippen molar-refractivity contribution in [3.8, 4) is 5.75 Å². The maximum atomic E-state index is 13.1. The van der Waals surface area contributed by atoms with Gasteiger partial charge in [0.25, 0.3) is 5.91 Å². The van der Waals surface area contributed by atoms with Gasteiger partial charge in [0.05, 0.1) is 13.2 Å². The van der Waals surface area contributed by atoms with Crippen LogP contribution in [0.1, 0.15) is 67.9 Å². The number of piperidine rings is 1. The first-order valence-electron chi connectivity index (χ1n) is 10.9. The van der Waals surface area contributed by atoms with Gasteiger partial charge in [-0.15, -0.1) is 0 Å². The first kappa shape index (κ1) is 21.6. The topological polar surface area (TPSA) is 111 Å². The molecule has 1 fully saturated rings. The zero-order valence-corrected chi connectivity index (χ0v) is 18.5. The number of hydrogen-bond acceptors (Lipinski definition) is 6. The molecule has 0 saturated carbocycles. The summed E-state index contributed by atoms with van der Waals surface area (Å²) in [5.41, 5.74) is 7.54. The number of hydrogen-bond donors (Lipinski definition) is 2. The number of fused-ring (bicyclic) bond motifs is 4. The van der Waals surface area contributed by atoms with Gasteiger partial charge in [-0.25, -0.2) is 0 Å². The molecule has 0 bridgehead atoms. The van der Waals surface area contributed by atoms with Crippen molar-refractivity contribution in [2.75, 3.05) is 19.7 Å². The molecule has 1 saturated heterocycles. The highest BCUT2D eigenvalue weighted by Crippen LogP contribution is 2.48. The van der Waals surface area contributed by atoms with E-state index in [4.69, 9.17) is 15.2 Å². The Morgan fingerprint density at radius 3 is 2.65 bits per heavy atom. The number of benzene rings is 1. The quantitative estimate of drug-likeness (QED) is 0.689. The van der Waals surface area contributed by atoms with Crippen molar-refractivity contribution >= 4 is 17.8 Å². The molecule has 0 radical (unpaired) electrons. The van der Waals surface area contributed by atoms with Crippen LogP contribution in [0.2, 0.25) is 0 Å². The summed E-state index contributed by atoms with van der Waals surface area (Å²) in [5, 5.41) is 3.39. The van der Waals surface area contributed by atoms with Gasteiger partial charge in [-0.3, -0.25) is 14.4 Å². The Balaban J connectivity index is 1.54. The molecule has 2 amide bonds. The summed E-state index contributed by atoms with van der Waals surface area (Å²) in [4.78, 5) is 38.9. The Hall–Kier alpha value is -2.61. The molecule has 3 N–H and O–H groups in total. The second-order valence-corrected chi connectivity index (χ2v) is 9.76. The van der Waals surface area contributed by atoms with E-state index >= 15 is 0 Å². The van der Waals surface area contributed by atoms with Crippen LogP contribution in [0, 0.1) is 0 Å². The zero-order chi connectivity index (χ0) is 22.4. The number of rotatable bonds is 5. The van der Waals surface area contributed by atoms with Gasteiger partial charge in [0.1, 0.15) is 17.4 Å². The fourth-order valence-electron chi connectivity index (χ4n) is 4.92. The minimum absolute atomic E-state index is 0.00805. The molecular weight excluding hydrogens is 398 g/mol. The lowest BCUT2D eigenvalue weighted by Crippen LogP contribution is -2.45. The molecule has 1 atom stereocenters. The molecule has 1 aromatic carbocycles. The highest BCUT2D eigenvalue weighted by atomic mass is 16.6. The molecule has 8 nitrogen and oxygen atoms in total. The van der Waals surface area contributed by atoms with Gasteiger partial charge in [0, 0.05) is 28.5 Å². The number of carbonyl (C=O) groups excluding carboxylic acids is 3. The standard InChI is InChI=1S/C23H31N3O5/c1-22(2,3)31-18(27)7-6-17(20(24)28)26-12-15-14(21(26)29)4-5-16-19(15)30-13-23(16)8-10-25-11-9-23/h4-5,17,25H,6-13H2,1-3H3,(H2,24,28). The molecule has 1 unspecified atom stereocenters. The van der Waals surface area contributed by atoms with E-state index in [1.807, 2.05) is 12.1 Å². The van der Waals surface area contributed by atoms with Gasteiger partial charge in [0.2, 0.25) is 5.91 Å². The van der Waals surface area contributed by atoms with Crippen LogP contribution < -0.4 is 15.8 Å². The molecule has 1 spiro atoms. The van der Waals surface area contributed by atoms with Crippen molar-refractivity contribution in [2.45, 2.75) is 70.1 Å². The molecular formula is C23H31N3O5. The van der Waals surface area contributed by atoms with Gasteiger partial charge in [-0.1, -0.05) is 6.07 Å². The summed E-state index contributed by atoms with van der Waals surface area (Å²) >= 11 is 0. The number of carbonyl (C=O) groups is 3. The maximum Gasteiger partial charge on any atom is 0.306 e. The van der Waals surface area contributed by atoms with Crippen LogP contribution in [-0.4, -0.2) is 54.0 Å². The van der Waals surface area contributed by atoms with Crippen molar-refractivity contribution in [3.05, 3.63) is 28.8 Å². The van der Waals surface area contributed by atoms with Crippen LogP contribution in [0.25, 0.3) is 0 Å². The summed E-state index contributed by atoms with van der Waals surface area (Å²) in [6.07, 6.45) is 2.13. The summed E-state index contributed by atoms with van der Waals surface area (Å²) in [6.45, 7) is 8.12. The monoisotopic (exact) mass is 429 g/mol. The van der Waals surface area contributed by atoms with Crippen molar-refractivity contribution in [1.29, 1.82) is 0 Å². The second-order valence-electron chi connectivity index (χ2n) is 9.76. The van der Waals surface area contributed by atoms with Gasteiger partial charge >= 0.3 is 5.97 Å². The average molecular weight is 430 g/mol. The van der Waals surface area contributed by atoms with Gasteiger partial charge in [0.15, 0.2) is 0 Å². The van der Waals surface area contributed by atoms with E-state index in [1.165, 1.54) is 4.90 Å². The highest BCUT2D eigenvalue weighted by molar-refractivity contribution is 6.02. The zero-order valence-electron chi connectivity index (χ0n) is 18.5. The third-order valence-electron chi connectivity index (χ3n) is 6.45. The Bertz CT molecular complexity index is 915. The van der Waals surface area contributed by atoms with Crippen LogP contribution >= 0.6 is 0 Å². The number of nitrogens with one attached hydrogen (secondary N) is 1. The Morgan fingerprint density at radius 1 is 1.29 bits per heavy atom. The minimum Gasteiger partial charge on any atom is -0.492 e. The first-order valence-corrected chi connectivity index (χ1v) is 10.9. The molecule has 168 valence electrons. The lowest BCUT2D eigenvalue weighted by Gasteiger charge is -2.32. The number of esters is 1. The Kier molecular flexibility index (Phi) is 5.45. The van der Waals surface area contributed by atoms with Crippen molar-refractivity contribution in [2.24, 2.45) is 5.73 Å². The predicted octanol–water partition coefficient (Wildman–Crippen LogP) is 1.63. The third kappa shape index (κ3) is 4.01. The molecule has 1 aromatic rings. The van der Waals surface area contributed by atoms with Crippen LogP contribution in [0.3, 0.4) is 0 Å². The number of nitrogens with two attached hydrogens (primary N) is 1. The predicted molar refractivity (Wildman–Crippen MR) is 114 cm³/mol. The normalized spacial score (nSPS) is 20.2. The SMILES string of the molecule is CC(C)(C)OC(=O)CCC(C(N)=O)N1Cc2c(ccc3c2OCC32CCNCC2)C1=O. The van der Waals surface area contributed by atoms with Crippen molar-refractivity contribution in [3.63, 3.8) is 0 Å². The van der Waals surface area contributed by atoms with Gasteiger partial charge < -0.3 is 25.4 Å². The molecule has 0 aliphatic carbocycles. The van der Waals surface area contributed by atoms with Crippen LogP contribution in [0.4, 0.5) is 0 Å². The van der Waals surface area contributed by atoms with Gasteiger partial charge in [-0.2, -0.15) is 0 Å². The molecule has 31 heavy (non-hydrogen) atoms. The van der Waals surface area contributed by atoms with Crippen molar-refractivity contribution < 1.29 is 23.9 Å². The number of ether oxygens (including phenoxy) is 2. The lowest BCUT2D eigenvalue weighted by molar-refractivity contribution is -0.155. The summed E-state index contributed by atoms with van der Waals surface area (Å²) in [6, 6.07) is 2.98. The highest BCUT2D eigenvalue weighted by Gasteiger charge is 2.46. The van der Waals surface area contributed by atoms with E-state index in [0.29, 0.717) is 12.2 Å². The Labute approximate surface area is 182 Å².